The van der Waals surface area contributed by atoms with Gasteiger partial charge in [-0.15, -0.1) is 0 Å². The van der Waals surface area contributed by atoms with E-state index in [1.807, 2.05) is 11.8 Å². The second-order valence-corrected chi connectivity index (χ2v) is 14.3. The third-order valence-corrected chi connectivity index (χ3v) is 10.2. The van der Waals surface area contributed by atoms with E-state index in [0.717, 1.165) is 31.4 Å². The quantitative estimate of drug-likeness (QED) is 0.140. The van der Waals surface area contributed by atoms with Crippen molar-refractivity contribution in [3.8, 4) is 0 Å². The van der Waals surface area contributed by atoms with Gasteiger partial charge in [0.05, 0.1) is 0 Å². The molecule has 2 N–H and O–H groups in total. The van der Waals surface area contributed by atoms with Gasteiger partial charge in [-0.25, -0.2) is 0 Å². The Balaban J connectivity index is 0.00000722. The maximum absolute atomic E-state index is 12.7. The predicted octanol–water partition coefficient (Wildman–Crippen LogP) is 9.21. The zero-order valence-electron chi connectivity index (χ0n) is 24.9. The number of carbonyl (C=O) groups is 2. The molecule has 5 heteroatoms. The Morgan fingerprint density at radius 1 is 0.895 bits per heavy atom. The van der Waals surface area contributed by atoms with Gasteiger partial charge in [0.1, 0.15) is 0 Å². The van der Waals surface area contributed by atoms with E-state index in [2.05, 4.69) is 38.3 Å². The molecule has 0 spiro atoms. The molecule has 2 aliphatic rings. The van der Waals surface area contributed by atoms with Crippen LogP contribution in [0.1, 0.15) is 164 Å². The summed E-state index contributed by atoms with van der Waals surface area (Å²) in [5, 5.41) is 7.09. The van der Waals surface area contributed by atoms with Crippen molar-refractivity contribution in [2.75, 3.05) is 5.75 Å². The maximum Gasteiger partial charge on any atom is 0.220 e. The van der Waals surface area contributed by atoms with Gasteiger partial charge in [0.15, 0.2) is 0 Å². The van der Waals surface area contributed by atoms with Crippen LogP contribution in [0.5, 0.6) is 0 Å². The molecule has 0 bridgehead atoms. The van der Waals surface area contributed by atoms with Crippen LogP contribution in [0, 0.1) is 11.3 Å². The molecule has 4 nitrogen and oxygen atoms in total. The highest BCUT2D eigenvalue weighted by molar-refractivity contribution is 8.00. The molecule has 2 rings (SSSR count). The summed E-state index contributed by atoms with van der Waals surface area (Å²) in [4.78, 5) is 24.3. The highest BCUT2D eigenvalue weighted by Crippen LogP contribution is 2.39. The minimum atomic E-state index is 0. The molecule has 0 aliphatic carbocycles. The first-order valence-electron chi connectivity index (χ1n) is 16.0. The highest BCUT2D eigenvalue weighted by Gasteiger charge is 2.42. The molecule has 38 heavy (non-hydrogen) atoms. The normalized spacial score (nSPS) is 21.6. The maximum atomic E-state index is 12.7. The molecule has 2 amide bonds. The third kappa shape index (κ3) is 14.6. The molecule has 224 valence electrons. The van der Waals surface area contributed by atoms with Crippen LogP contribution in [-0.4, -0.2) is 34.9 Å². The number of hydrogen-bond acceptors (Lipinski definition) is 3. The van der Waals surface area contributed by atoms with Crippen molar-refractivity contribution in [1.82, 2.24) is 10.6 Å². The molecule has 1 unspecified atom stereocenters. The van der Waals surface area contributed by atoms with Crippen molar-refractivity contribution in [1.29, 1.82) is 0 Å². The van der Waals surface area contributed by atoms with Crippen molar-refractivity contribution < 1.29 is 9.59 Å². The number of thioether (sulfide) groups is 1. The monoisotopic (exact) mass is 552 g/mol. The van der Waals surface area contributed by atoms with Crippen LogP contribution in [0.4, 0.5) is 0 Å². The molecule has 0 aromatic rings. The van der Waals surface area contributed by atoms with E-state index in [9.17, 15) is 9.59 Å². The van der Waals surface area contributed by atoms with Gasteiger partial charge in [-0.3, -0.25) is 9.59 Å². The SMILES string of the molecule is C.CCCCCCCCCCCCCCCCC(NC(=O)CCCC[C@@H]1SC[C@@H]2CC(=O)N[C@@H]21)C(C)(C)C. The number of fused-ring (bicyclic) bond motifs is 1. The molecule has 2 saturated heterocycles. The Hall–Kier alpha value is -0.710. The summed E-state index contributed by atoms with van der Waals surface area (Å²) in [5.74, 6) is 2.09. The lowest BCUT2D eigenvalue weighted by Crippen LogP contribution is -2.43. The first-order valence-corrected chi connectivity index (χ1v) is 17.1. The van der Waals surface area contributed by atoms with Gasteiger partial charge in [0.25, 0.3) is 0 Å². The van der Waals surface area contributed by atoms with Crippen LogP contribution in [-0.2, 0) is 9.59 Å². The Bertz CT molecular complexity index is 633. The lowest BCUT2D eigenvalue weighted by Gasteiger charge is -2.32. The topological polar surface area (TPSA) is 58.2 Å². The van der Waals surface area contributed by atoms with Crippen molar-refractivity contribution in [3.05, 3.63) is 0 Å². The number of amides is 2. The Morgan fingerprint density at radius 2 is 1.45 bits per heavy atom. The van der Waals surface area contributed by atoms with Gasteiger partial charge < -0.3 is 10.6 Å². The van der Waals surface area contributed by atoms with E-state index in [1.165, 1.54) is 89.9 Å². The fraction of sp³-hybridized carbons (Fsp3) is 0.939. The van der Waals surface area contributed by atoms with Gasteiger partial charge in [0, 0.05) is 30.2 Å². The van der Waals surface area contributed by atoms with Crippen LogP contribution in [0.2, 0.25) is 0 Å². The fourth-order valence-corrected chi connectivity index (χ4v) is 7.71. The second-order valence-electron chi connectivity index (χ2n) is 13.0. The van der Waals surface area contributed by atoms with Gasteiger partial charge in [0.2, 0.25) is 11.8 Å². The molecule has 0 aromatic carbocycles. The van der Waals surface area contributed by atoms with Crippen LogP contribution >= 0.6 is 11.8 Å². The molecule has 0 radical (unpaired) electrons. The molecular formula is C33H64N2O2S. The van der Waals surface area contributed by atoms with E-state index in [4.69, 9.17) is 0 Å². The summed E-state index contributed by atoms with van der Waals surface area (Å²) in [6, 6.07) is 0.638. The van der Waals surface area contributed by atoms with E-state index in [0.29, 0.717) is 30.1 Å². The largest absolute Gasteiger partial charge is 0.353 e. The van der Waals surface area contributed by atoms with Crippen molar-refractivity contribution in [2.24, 2.45) is 11.3 Å². The van der Waals surface area contributed by atoms with Crippen molar-refractivity contribution in [3.63, 3.8) is 0 Å². The van der Waals surface area contributed by atoms with Crippen molar-refractivity contribution >= 4 is 23.6 Å². The average molecular weight is 553 g/mol. The van der Waals surface area contributed by atoms with Gasteiger partial charge in [-0.1, -0.05) is 131 Å². The predicted molar refractivity (Wildman–Crippen MR) is 168 cm³/mol. The van der Waals surface area contributed by atoms with Gasteiger partial charge in [-0.2, -0.15) is 11.8 Å². The zero-order valence-corrected chi connectivity index (χ0v) is 25.7. The van der Waals surface area contributed by atoms with Crippen LogP contribution in [0.15, 0.2) is 0 Å². The summed E-state index contributed by atoms with van der Waals surface area (Å²) < 4.78 is 0. The Morgan fingerprint density at radius 3 is 2.00 bits per heavy atom. The van der Waals surface area contributed by atoms with Crippen LogP contribution in [0.3, 0.4) is 0 Å². The minimum Gasteiger partial charge on any atom is -0.353 e. The Labute approximate surface area is 241 Å². The van der Waals surface area contributed by atoms with Crippen LogP contribution < -0.4 is 10.6 Å². The lowest BCUT2D eigenvalue weighted by molar-refractivity contribution is -0.122. The fourth-order valence-electron chi connectivity index (χ4n) is 6.06. The summed E-state index contributed by atoms with van der Waals surface area (Å²) in [5.41, 5.74) is 0.0996. The lowest BCUT2D eigenvalue weighted by atomic mass is 9.83. The van der Waals surface area contributed by atoms with Crippen molar-refractivity contribution in [2.45, 2.75) is 181 Å². The molecular weight excluding hydrogens is 488 g/mol. The summed E-state index contributed by atoms with van der Waals surface area (Å²) in [6.07, 6.45) is 24.9. The van der Waals surface area contributed by atoms with Gasteiger partial charge in [-0.05, 0) is 36.3 Å². The zero-order chi connectivity index (χ0) is 26.9. The second kappa shape index (κ2) is 20.2. The smallest absolute Gasteiger partial charge is 0.220 e. The van der Waals surface area contributed by atoms with E-state index in [-0.39, 0.29) is 30.7 Å². The first kappa shape index (κ1) is 35.3. The minimum absolute atomic E-state index is 0. The number of carbonyl (C=O) groups excluding carboxylic acids is 2. The number of nitrogens with one attached hydrogen (secondary N) is 2. The number of rotatable bonds is 21. The number of unbranched alkanes of at least 4 members (excludes halogenated alkanes) is 14. The molecule has 2 heterocycles. The average Bonchev–Trinajstić information content (AvgIpc) is 3.39. The molecule has 4 atom stereocenters. The molecule has 0 aromatic heterocycles. The van der Waals surface area contributed by atoms with E-state index < -0.39 is 0 Å². The van der Waals surface area contributed by atoms with Gasteiger partial charge >= 0.3 is 0 Å². The highest BCUT2D eigenvalue weighted by atomic mass is 32.2. The molecule has 2 aliphatic heterocycles. The third-order valence-electron chi connectivity index (χ3n) is 8.58. The summed E-state index contributed by atoms with van der Waals surface area (Å²) in [7, 11) is 0. The van der Waals surface area contributed by atoms with Crippen LogP contribution in [0.25, 0.3) is 0 Å². The first-order chi connectivity index (χ1) is 17.8. The summed E-state index contributed by atoms with van der Waals surface area (Å²) >= 11 is 2.02. The summed E-state index contributed by atoms with van der Waals surface area (Å²) in [6.45, 7) is 9.05. The van der Waals surface area contributed by atoms with E-state index in [1.54, 1.807) is 0 Å². The standard InChI is InChI=1S/C32H60N2O2S.CH4/c1-5-6-7-8-9-10-11-12-13-14-15-16-17-18-22-28(32(2,3)4)33-29(35)23-20-19-21-27-31-26(25-37-27)24-30(36)34-31;/h26-28,31H,5-25H2,1-4H3,(H,33,35)(H,34,36);1H4/t26-,27-,28?,31-;/m0./s1. The van der Waals surface area contributed by atoms with E-state index >= 15 is 0 Å². The molecule has 0 saturated carbocycles. The Kier molecular flexibility index (Phi) is 18.8. The molecule has 2 fully saturated rings. The number of hydrogen-bond donors (Lipinski definition) is 2.